The van der Waals surface area contributed by atoms with Crippen LogP contribution in [0.4, 0.5) is 0 Å². The van der Waals surface area contributed by atoms with E-state index in [2.05, 4.69) is 11.8 Å². The number of alkyl halides is 1. The van der Waals surface area contributed by atoms with Crippen LogP contribution in [0.1, 0.15) is 45.4 Å². The van der Waals surface area contributed by atoms with E-state index in [9.17, 15) is 0 Å². The maximum atomic E-state index is 5.57. The third-order valence-corrected chi connectivity index (χ3v) is 2.05. The van der Waals surface area contributed by atoms with Crippen LogP contribution in [0.3, 0.4) is 0 Å². The van der Waals surface area contributed by atoms with Crippen LogP contribution in [0.2, 0.25) is 0 Å². The van der Waals surface area contributed by atoms with Gasteiger partial charge >= 0.3 is 0 Å². The smallest absolute Gasteiger partial charge is 0.0223 e. The highest BCUT2D eigenvalue weighted by molar-refractivity contribution is 6.17. The molecule has 0 rings (SSSR count). The lowest BCUT2D eigenvalue weighted by atomic mass is 10.1. The van der Waals surface area contributed by atoms with Crippen LogP contribution >= 0.6 is 11.6 Å². The van der Waals surface area contributed by atoms with E-state index in [1.165, 1.54) is 25.7 Å². The minimum atomic E-state index is 0.807. The summed E-state index contributed by atoms with van der Waals surface area (Å²) >= 11 is 5.57. The summed E-state index contributed by atoms with van der Waals surface area (Å²) in [5, 5.41) is 0. The van der Waals surface area contributed by atoms with Crippen molar-refractivity contribution in [3.05, 3.63) is 12.2 Å². The molecule has 0 nitrogen and oxygen atoms in total. The summed E-state index contributed by atoms with van der Waals surface area (Å²) in [6.45, 7) is 1.99. The van der Waals surface area contributed by atoms with Gasteiger partial charge in [0.25, 0.3) is 0 Å². The maximum absolute atomic E-state index is 5.57. The van der Waals surface area contributed by atoms with Gasteiger partial charge in [-0.25, -0.2) is 0 Å². The topological polar surface area (TPSA) is 0 Å². The average molecular weight is 199 g/mol. The van der Waals surface area contributed by atoms with Gasteiger partial charge in [0.1, 0.15) is 0 Å². The Kier molecular flexibility index (Phi) is 11.2. The Labute approximate surface area is 87.4 Å². The first kappa shape index (κ1) is 12.6. The first-order valence-electron chi connectivity index (χ1n) is 5.07. The lowest BCUT2D eigenvalue weighted by Crippen LogP contribution is -1.79. The van der Waals surface area contributed by atoms with E-state index < -0.39 is 0 Å². The van der Waals surface area contributed by atoms with Crippen LogP contribution < -0.4 is 0 Å². The third-order valence-electron chi connectivity index (χ3n) is 1.79. The van der Waals surface area contributed by atoms with Gasteiger partial charge in [-0.15, -0.1) is 11.6 Å². The van der Waals surface area contributed by atoms with Crippen molar-refractivity contribution in [1.29, 1.82) is 0 Å². The zero-order valence-electron chi connectivity index (χ0n) is 8.48. The molecule has 0 saturated heterocycles. The fourth-order valence-electron chi connectivity index (χ4n) is 1.05. The normalized spacial score (nSPS) is 10.0. The second kappa shape index (κ2) is 11.6. The van der Waals surface area contributed by atoms with Crippen LogP contribution in [0.25, 0.3) is 0 Å². The lowest BCUT2D eigenvalue weighted by molar-refractivity contribution is 0.643. The summed E-state index contributed by atoms with van der Waals surface area (Å²) in [4.78, 5) is 0. The van der Waals surface area contributed by atoms with Gasteiger partial charge in [-0.05, 0) is 25.8 Å². The second-order valence-electron chi connectivity index (χ2n) is 3.03. The molecule has 0 aliphatic heterocycles. The number of halogens is 1. The molecule has 0 aromatic heterocycles. The Balaban J connectivity index is 3.04. The fraction of sp³-hybridized carbons (Fsp3) is 0.667. The average Bonchev–Trinajstić information content (AvgIpc) is 2.16. The van der Waals surface area contributed by atoms with Crippen LogP contribution in [-0.2, 0) is 0 Å². The lowest BCUT2D eigenvalue weighted by Gasteiger charge is -1.95. The first-order valence-corrected chi connectivity index (χ1v) is 5.60. The molecule has 13 heavy (non-hydrogen) atoms. The first-order chi connectivity index (χ1) is 6.41. The van der Waals surface area contributed by atoms with Gasteiger partial charge in [0, 0.05) is 12.3 Å². The summed E-state index contributed by atoms with van der Waals surface area (Å²) in [6.07, 6.45) is 11.1. The predicted octanol–water partition coefficient (Wildman–Crippen LogP) is 4.15. The minimum Gasteiger partial charge on any atom is -0.127 e. The molecule has 0 aromatic carbocycles. The Morgan fingerprint density at radius 1 is 1.08 bits per heavy atom. The molecule has 0 unspecified atom stereocenters. The van der Waals surface area contributed by atoms with Crippen molar-refractivity contribution in [2.24, 2.45) is 0 Å². The second-order valence-corrected chi connectivity index (χ2v) is 3.41. The van der Waals surface area contributed by atoms with Gasteiger partial charge in [-0.1, -0.05) is 37.2 Å². The Hall–Kier alpha value is -0.410. The van der Waals surface area contributed by atoms with E-state index >= 15 is 0 Å². The molecule has 0 spiro atoms. The highest BCUT2D eigenvalue weighted by atomic mass is 35.5. The van der Waals surface area contributed by atoms with E-state index in [1.807, 2.05) is 19.1 Å². The largest absolute Gasteiger partial charge is 0.127 e. The Morgan fingerprint density at radius 3 is 2.46 bits per heavy atom. The highest BCUT2D eigenvalue weighted by Gasteiger charge is 1.87. The summed E-state index contributed by atoms with van der Waals surface area (Å²) in [6, 6.07) is 0. The quantitative estimate of drug-likeness (QED) is 0.342. The van der Waals surface area contributed by atoms with Crippen LogP contribution in [0.5, 0.6) is 0 Å². The molecule has 0 aliphatic carbocycles. The number of hydrogen-bond acceptors (Lipinski definition) is 0. The number of rotatable bonds is 6. The van der Waals surface area contributed by atoms with Crippen LogP contribution in [-0.4, -0.2) is 5.88 Å². The van der Waals surface area contributed by atoms with Gasteiger partial charge in [0.2, 0.25) is 0 Å². The molecule has 0 heterocycles. The van der Waals surface area contributed by atoms with Gasteiger partial charge in [0.05, 0.1) is 0 Å². The number of allylic oxidation sites excluding steroid dienone is 2. The molecule has 1 heteroatoms. The molecule has 0 bridgehead atoms. The summed E-state index contributed by atoms with van der Waals surface area (Å²) in [5.41, 5.74) is 0. The number of unbranched alkanes of at least 4 members (excludes halogenated alkanes) is 5. The van der Waals surface area contributed by atoms with Crippen molar-refractivity contribution in [1.82, 2.24) is 0 Å². The van der Waals surface area contributed by atoms with E-state index in [4.69, 9.17) is 11.6 Å². The van der Waals surface area contributed by atoms with Crippen LogP contribution in [0.15, 0.2) is 12.2 Å². The van der Waals surface area contributed by atoms with Gasteiger partial charge < -0.3 is 0 Å². The van der Waals surface area contributed by atoms with E-state index in [-0.39, 0.29) is 0 Å². The van der Waals surface area contributed by atoms with E-state index in [1.54, 1.807) is 0 Å². The molecule has 0 aliphatic rings. The van der Waals surface area contributed by atoms with Crippen molar-refractivity contribution in [3.63, 3.8) is 0 Å². The standard InChI is InChI=1S/C12H19Cl/c1-2-3-4-5-6-7-8-9-10-11-12-13/h2-3H,6-12H2,1H3. The van der Waals surface area contributed by atoms with Gasteiger partial charge in [0.15, 0.2) is 0 Å². The number of hydrogen-bond donors (Lipinski definition) is 0. The van der Waals surface area contributed by atoms with Gasteiger partial charge in [-0.3, -0.25) is 0 Å². The third kappa shape index (κ3) is 11.6. The molecular weight excluding hydrogens is 180 g/mol. The minimum absolute atomic E-state index is 0.807. The zero-order chi connectivity index (χ0) is 9.78. The zero-order valence-corrected chi connectivity index (χ0v) is 9.24. The summed E-state index contributed by atoms with van der Waals surface area (Å²) in [5.74, 6) is 6.91. The SMILES string of the molecule is CC=CC#CCCCCCCCCl. The van der Waals surface area contributed by atoms with Crippen molar-refractivity contribution in [2.75, 3.05) is 5.88 Å². The van der Waals surface area contributed by atoms with E-state index in [0.29, 0.717) is 0 Å². The molecule has 0 saturated carbocycles. The molecule has 74 valence electrons. The monoisotopic (exact) mass is 198 g/mol. The van der Waals surface area contributed by atoms with Crippen molar-refractivity contribution >= 4 is 11.6 Å². The maximum Gasteiger partial charge on any atom is 0.0223 e. The molecule has 0 amide bonds. The summed E-state index contributed by atoms with van der Waals surface area (Å²) < 4.78 is 0. The highest BCUT2D eigenvalue weighted by Crippen LogP contribution is 2.05. The van der Waals surface area contributed by atoms with Crippen LogP contribution in [0, 0.1) is 11.8 Å². The molecular formula is C12H19Cl. The molecule has 0 atom stereocenters. The Morgan fingerprint density at radius 2 is 1.77 bits per heavy atom. The molecule has 0 aromatic rings. The molecule has 0 N–H and O–H groups in total. The van der Waals surface area contributed by atoms with Crippen molar-refractivity contribution in [3.8, 4) is 11.8 Å². The molecule has 0 fully saturated rings. The van der Waals surface area contributed by atoms with Gasteiger partial charge in [-0.2, -0.15) is 0 Å². The molecule has 0 radical (unpaired) electrons. The fourth-order valence-corrected chi connectivity index (χ4v) is 1.24. The predicted molar refractivity (Wildman–Crippen MR) is 61.0 cm³/mol. The Bertz CT molecular complexity index is 171. The van der Waals surface area contributed by atoms with E-state index in [0.717, 1.165) is 18.7 Å². The summed E-state index contributed by atoms with van der Waals surface area (Å²) in [7, 11) is 0. The van der Waals surface area contributed by atoms with Crippen molar-refractivity contribution < 1.29 is 0 Å². The van der Waals surface area contributed by atoms with Crippen molar-refractivity contribution in [2.45, 2.75) is 45.4 Å².